The number of halogens is 1. The molecule has 1 aromatic heterocycles. The van der Waals surface area contributed by atoms with Crippen LogP contribution in [-0.4, -0.2) is 31.7 Å². The summed E-state index contributed by atoms with van der Waals surface area (Å²) in [5.41, 5.74) is 7.26. The average Bonchev–Trinajstić information content (AvgIpc) is 3.16. The summed E-state index contributed by atoms with van der Waals surface area (Å²) in [6, 6.07) is 24.6. The fourth-order valence-corrected chi connectivity index (χ4v) is 5.82. The van der Waals surface area contributed by atoms with Gasteiger partial charge in [-0.2, -0.15) is 5.10 Å². The molecule has 190 valence electrons. The maximum absolute atomic E-state index is 13.5. The monoisotopic (exact) mass is 534 g/mol. The highest BCUT2D eigenvalue weighted by Crippen LogP contribution is 2.26. The molecule has 0 bridgehead atoms. The van der Waals surface area contributed by atoms with Crippen molar-refractivity contribution >= 4 is 39.4 Å². The molecule has 3 aromatic carbocycles. The minimum atomic E-state index is -3.99. The lowest BCUT2D eigenvalue weighted by atomic mass is 10.2. The maximum atomic E-state index is 13.5. The number of carbonyl (C=O) groups is 1. The van der Waals surface area contributed by atoms with Crippen molar-refractivity contribution in [2.75, 3.05) is 10.8 Å². The third kappa shape index (κ3) is 5.76. The van der Waals surface area contributed by atoms with E-state index in [4.69, 9.17) is 11.6 Å². The van der Waals surface area contributed by atoms with E-state index in [2.05, 4.69) is 10.5 Å². The van der Waals surface area contributed by atoms with E-state index in [1.54, 1.807) is 49.5 Å². The molecule has 0 saturated heterocycles. The maximum Gasteiger partial charge on any atom is 0.264 e. The Labute approximate surface area is 222 Å². The molecule has 4 rings (SSSR count). The van der Waals surface area contributed by atoms with Crippen molar-refractivity contribution in [1.82, 2.24) is 9.99 Å². The fourth-order valence-electron chi connectivity index (χ4n) is 4.13. The second-order valence-electron chi connectivity index (χ2n) is 8.55. The van der Waals surface area contributed by atoms with Crippen LogP contribution in [0.3, 0.4) is 0 Å². The van der Waals surface area contributed by atoms with Gasteiger partial charge < -0.3 is 4.57 Å². The van der Waals surface area contributed by atoms with Gasteiger partial charge in [-0.1, -0.05) is 54.1 Å². The second-order valence-corrected chi connectivity index (χ2v) is 10.8. The Bertz CT molecular complexity index is 1560. The van der Waals surface area contributed by atoms with Crippen molar-refractivity contribution in [3.63, 3.8) is 0 Å². The minimum Gasteiger partial charge on any atom is -0.318 e. The van der Waals surface area contributed by atoms with Crippen molar-refractivity contribution < 1.29 is 13.2 Å². The zero-order valence-electron chi connectivity index (χ0n) is 20.7. The number of benzene rings is 3. The van der Waals surface area contributed by atoms with Gasteiger partial charge in [-0.3, -0.25) is 9.10 Å². The predicted octanol–water partition coefficient (Wildman–Crippen LogP) is 5.40. The number of rotatable bonds is 8. The first kappa shape index (κ1) is 26.2. The Morgan fingerprint density at radius 2 is 1.68 bits per heavy atom. The number of carbonyl (C=O) groups excluding carboxylic acids is 1. The number of sulfonamides is 1. The molecular weight excluding hydrogens is 508 g/mol. The first-order chi connectivity index (χ1) is 17.7. The van der Waals surface area contributed by atoms with E-state index in [1.807, 2.05) is 54.8 Å². The van der Waals surface area contributed by atoms with Crippen LogP contribution in [0, 0.1) is 20.8 Å². The van der Waals surface area contributed by atoms with Gasteiger partial charge in [0.1, 0.15) is 6.54 Å². The van der Waals surface area contributed by atoms with Gasteiger partial charge in [0.2, 0.25) is 0 Å². The summed E-state index contributed by atoms with van der Waals surface area (Å²) in [4.78, 5) is 13.0. The third-order valence-corrected chi connectivity index (χ3v) is 7.94. The molecule has 0 atom stereocenters. The van der Waals surface area contributed by atoms with Gasteiger partial charge in [-0.25, -0.2) is 13.8 Å². The van der Waals surface area contributed by atoms with Crippen LogP contribution in [-0.2, 0) is 14.8 Å². The molecule has 4 aromatic rings. The molecule has 0 saturated carbocycles. The zero-order valence-corrected chi connectivity index (χ0v) is 22.3. The average molecular weight is 535 g/mol. The number of anilines is 1. The highest BCUT2D eigenvalue weighted by molar-refractivity contribution is 7.92. The van der Waals surface area contributed by atoms with Gasteiger partial charge in [0.05, 0.1) is 16.8 Å². The SMILES string of the molecule is Cc1ccccc1N(CC(=O)N/N=C\c1cc(C)n(-c2cccc(Cl)c2)c1C)S(=O)(=O)c1ccccc1. The van der Waals surface area contributed by atoms with Crippen LogP contribution in [0.4, 0.5) is 5.69 Å². The van der Waals surface area contributed by atoms with Crippen molar-refractivity contribution in [2.45, 2.75) is 25.7 Å². The molecule has 1 heterocycles. The molecule has 0 aliphatic rings. The summed E-state index contributed by atoms with van der Waals surface area (Å²) in [7, 11) is -3.99. The molecule has 0 spiro atoms. The van der Waals surface area contributed by atoms with Gasteiger partial charge in [0.15, 0.2) is 0 Å². The number of nitrogens with zero attached hydrogens (tertiary/aromatic N) is 3. The minimum absolute atomic E-state index is 0.100. The Morgan fingerprint density at radius 1 is 0.973 bits per heavy atom. The van der Waals surface area contributed by atoms with Crippen LogP contribution >= 0.6 is 11.6 Å². The van der Waals surface area contributed by atoms with Gasteiger partial charge in [0.25, 0.3) is 15.9 Å². The Hall–Kier alpha value is -3.88. The smallest absolute Gasteiger partial charge is 0.264 e. The van der Waals surface area contributed by atoms with Gasteiger partial charge in [-0.05, 0) is 68.8 Å². The van der Waals surface area contributed by atoms with Crippen LogP contribution in [0.15, 0.2) is 94.9 Å². The molecule has 7 nitrogen and oxygen atoms in total. The number of aromatic nitrogens is 1. The van der Waals surface area contributed by atoms with Crippen molar-refractivity contribution in [3.8, 4) is 5.69 Å². The molecule has 0 fully saturated rings. The standard InChI is InChI=1S/C28H27ClN4O3S/c1-20-10-7-8-15-27(20)32(37(35,36)26-13-5-4-6-14-26)19-28(34)31-30-18-23-16-21(2)33(22(23)3)25-12-9-11-24(29)17-25/h4-18H,19H2,1-3H3,(H,31,34)/b30-18-. The van der Waals surface area contributed by atoms with Crippen LogP contribution in [0.2, 0.25) is 5.02 Å². The van der Waals surface area contributed by atoms with Crippen molar-refractivity contribution in [2.24, 2.45) is 5.10 Å². The van der Waals surface area contributed by atoms with Crippen LogP contribution in [0.25, 0.3) is 5.69 Å². The van der Waals surface area contributed by atoms with Crippen molar-refractivity contribution in [1.29, 1.82) is 0 Å². The van der Waals surface area contributed by atoms with E-state index < -0.39 is 22.5 Å². The van der Waals surface area contributed by atoms with E-state index in [0.717, 1.165) is 32.5 Å². The highest BCUT2D eigenvalue weighted by Gasteiger charge is 2.28. The largest absolute Gasteiger partial charge is 0.318 e. The molecule has 0 aliphatic carbocycles. The van der Waals surface area contributed by atoms with E-state index in [0.29, 0.717) is 10.7 Å². The molecule has 1 N–H and O–H groups in total. The van der Waals surface area contributed by atoms with Crippen LogP contribution in [0.5, 0.6) is 0 Å². The Kier molecular flexibility index (Phi) is 7.80. The summed E-state index contributed by atoms with van der Waals surface area (Å²) in [6.45, 7) is 5.29. The molecular formula is C28H27ClN4O3S. The summed E-state index contributed by atoms with van der Waals surface area (Å²) < 4.78 is 30.1. The number of hydrogen-bond donors (Lipinski definition) is 1. The molecule has 1 amide bonds. The lowest BCUT2D eigenvalue weighted by molar-refractivity contribution is -0.119. The Morgan fingerprint density at radius 3 is 2.38 bits per heavy atom. The molecule has 0 aliphatic heterocycles. The Balaban J connectivity index is 1.56. The first-order valence-corrected chi connectivity index (χ1v) is 13.4. The molecule has 0 unspecified atom stereocenters. The number of hydrogen-bond acceptors (Lipinski definition) is 4. The number of amides is 1. The van der Waals surface area contributed by atoms with Crippen LogP contribution < -0.4 is 9.73 Å². The topological polar surface area (TPSA) is 83.8 Å². The quantitative estimate of drug-likeness (QED) is 0.242. The van der Waals surface area contributed by atoms with E-state index in [1.165, 1.54) is 12.1 Å². The summed E-state index contributed by atoms with van der Waals surface area (Å²) in [5, 5.41) is 4.74. The number of para-hydroxylation sites is 1. The van der Waals surface area contributed by atoms with E-state index >= 15 is 0 Å². The normalized spacial score (nSPS) is 11.6. The third-order valence-electron chi connectivity index (χ3n) is 5.93. The van der Waals surface area contributed by atoms with E-state index in [-0.39, 0.29) is 4.90 Å². The first-order valence-electron chi connectivity index (χ1n) is 11.6. The molecule has 0 radical (unpaired) electrons. The highest BCUT2D eigenvalue weighted by atomic mass is 35.5. The molecule has 37 heavy (non-hydrogen) atoms. The van der Waals surface area contributed by atoms with Gasteiger partial charge >= 0.3 is 0 Å². The summed E-state index contributed by atoms with van der Waals surface area (Å²) in [6.07, 6.45) is 1.55. The predicted molar refractivity (Wildman–Crippen MR) is 148 cm³/mol. The molecule has 9 heteroatoms. The van der Waals surface area contributed by atoms with E-state index in [9.17, 15) is 13.2 Å². The number of nitrogens with one attached hydrogen (secondary N) is 1. The number of hydrazone groups is 1. The lowest BCUT2D eigenvalue weighted by Crippen LogP contribution is -2.40. The lowest BCUT2D eigenvalue weighted by Gasteiger charge is -2.25. The summed E-state index contributed by atoms with van der Waals surface area (Å²) >= 11 is 6.16. The van der Waals surface area contributed by atoms with Crippen LogP contribution in [0.1, 0.15) is 22.5 Å². The second kappa shape index (κ2) is 11.0. The fraction of sp³-hybridized carbons (Fsp3) is 0.143. The zero-order chi connectivity index (χ0) is 26.6. The van der Waals surface area contributed by atoms with Gasteiger partial charge in [0, 0.05) is 27.7 Å². The number of aryl methyl sites for hydroxylation is 2. The van der Waals surface area contributed by atoms with Crippen molar-refractivity contribution in [3.05, 3.63) is 112 Å². The van der Waals surface area contributed by atoms with Gasteiger partial charge in [-0.15, -0.1) is 0 Å². The summed E-state index contributed by atoms with van der Waals surface area (Å²) in [5.74, 6) is -0.567.